The molecule has 1 aliphatic heterocycles. The van der Waals surface area contributed by atoms with Crippen LogP contribution in [0.3, 0.4) is 0 Å². The number of fused-ring (bicyclic) bond motifs is 1. The summed E-state index contributed by atoms with van der Waals surface area (Å²) in [7, 11) is 0. The molecule has 0 saturated carbocycles. The minimum absolute atomic E-state index is 0.234. The molecule has 7 heteroatoms. The van der Waals surface area contributed by atoms with E-state index in [1.165, 1.54) is 11.8 Å². The molecule has 0 aliphatic carbocycles. The maximum absolute atomic E-state index is 11.7. The van der Waals surface area contributed by atoms with Gasteiger partial charge in [-0.3, -0.25) is 4.79 Å². The topological polar surface area (TPSA) is 70.9 Å². The van der Waals surface area contributed by atoms with Crippen LogP contribution in [-0.4, -0.2) is 41.6 Å². The van der Waals surface area contributed by atoms with Crippen LogP contribution in [0, 0.1) is 0 Å². The van der Waals surface area contributed by atoms with Gasteiger partial charge in [0.2, 0.25) is 5.91 Å². The summed E-state index contributed by atoms with van der Waals surface area (Å²) < 4.78 is 7.52. The summed E-state index contributed by atoms with van der Waals surface area (Å²) in [5.74, 6) is 0.512. The summed E-state index contributed by atoms with van der Waals surface area (Å²) in [4.78, 5) is 18.6. The van der Waals surface area contributed by atoms with Crippen LogP contribution < -0.4 is 15.5 Å². The van der Waals surface area contributed by atoms with Gasteiger partial charge in [0.25, 0.3) is 0 Å². The Bertz CT molecular complexity index is 1290. The quantitative estimate of drug-likeness (QED) is 0.426. The van der Waals surface area contributed by atoms with Gasteiger partial charge in [-0.05, 0) is 54.6 Å². The van der Waals surface area contributed by atoms with Crippen LogP contribution in [0.2, 0.25) is 0 Å². The number of nitrogens with one attached hydrogen (secondary N) is 2. The average Bonchev–Trinajstić information content (AvgIpc) is 3.28. The highest BCUT2D eigenvalue weighted by Crippen LogP contribution is 2.27. The third-order valence-electron chi connectivity index (χ3n) is 5.66. The molecule has 0 unspecified atom stereocenters. The highest BCUT2D eigenvalue weighted by Gasteiger charge is 2.11. The zero-order valence-corrected chi connectivity index (χ0v) is 18.2. The van der Waals surface area contributed by atoms with Crippen LogP contribution in [0.25, 0.3) is 16.8 Å². The molecular weight excluding hydrogens is 414 g/mol. The lowest BCUT2D eigenvalue weighted by Crippen LogP contribution is -2.36. The first-order valence-electron chi connectivity index (χ1n) is 10.9. The van der Waals surface area contributed by atoms with Gasteiger partial charge in [-0.25, -0.2) is 4.98 Å². The van der Waals surface area contributed by atoms with Crippen molar-refractivity contribution in [2.45, 2.75) is 0 Å². The molecule has 1 saturated heterocycles. The summed E-state index contributed by atoms with van der Waals surface area (Å²) >= 11 is 0. The molecule has 5 rings (SSSR count). The van der Waals surface area contributed by atoms with Crippen molar-refractivity contribution in [2.75, 3.05) is 41.8 Å². The van der Waals surface area contributed by atoms with Crippen molar-refractivity contribution in [3.8, 4) is 11.3 Å². The molecule has 2 N–H and O–H groups in total. The number of ether oxygens (including phenoxy) is 1. The predicted molar refractivity (Wildman–Crippen MR) is 132 cm³/mol. The first kappa shape index (κ1) is 20.8. The molecule has 0 atom stereocenters. The largest absolute Gasteiger partial charge is 0.378 e. The number of nitrogens with zero attached hydrogens (tertiary/aromatic N) is 3. The van der Waals surface area contributed by atoms with Crippen molar-refractivity contribution < 1.29 is 9.53 Å². The number of benzene rings is 2. The van der Waals surface area contributed by atoms with Gasteiger partial charge in [0, 0.05) is 35.7 Å². The van der Waals surface area contributed by atoms with Crippen LogP contribution in [-0.2, 0) is 9.53 Å². The highest BCUT2D eigenvalue weighted by atomic mass is 16.5. The maximum atomic E-state index is 11.7. The number of hydrogen-bond acceptors (Lipinski definition) is 5. The van der Waals surface area contributed by atoms with Gasteiger partial charge in [0.1, 0.15) is 5.82 Å². The zero-order valence-electron chi connectivity index (χ0n) is 18.2. The van der Waals surface area contributed by atoms with E-state index in [2.05, 4.69) is 55.8 Å². The maximum Gasteiger partial charge on any atom is 0.247 e. The fraction of sp³-hybridized carbons (Fsp3) is 0.154. The fourth-order valence-corrected chi connectivity index (χ4v) is 3.98. The summed E-state index contributed by atoms with van der Waals surface area (Å²) in [6, 6.07) is 20.2. The Morgan fingerprint density at radius 1 is 1.03 bits per heavy atom. The second kappa shape index (κ2) is 9.18. The van der Waals surface area contributed by atoms with Gasteiger partial charge < -0.3 is 24.7 Å². The molecule has 0 spiro atoms. The third kappa shape index (κ3) is 4.58. The van der Waals surface area contributed by atoms with Crippen molar-refractivity contribution in [1.82, 2.24) is 9.38 Å². The molecule has 1 amide bonds. The number of carbonyl (C=O) groups excluding carboxylic acids is 1. The monoisotopic (exact) mass is 439 g/mol. The van der Waals surface area contributed by atoms with E-state index in [0.29, 0.717) is 0 Å². The second-order valence-corrected chi connectivity index (χ2v) is 7.83. The van der Waals surface area contributed by atoms with Gasteiger partial charge in [-0.15, -0.1) is 0 Å². The van der Waals surface area contributed by atoms with E-state index in [4.69, 9.17) is 4.74 Å². The smallest absolute Gasteiger partial charge is 0.247 e. The molecule has 1 aliphatic rings. The first-order valence-corrected chi connectivity index (χ1v) is 10.9. The molecule has 1 fully saturated rings. The molecule has 3 heterocycles. The molecule has 0 radical (unpaired) electrons. The summed E-state index contributed by atoms with van der Waals surface area (Å²) in [6.07, 6.45) is 5.09. The number of hydrogen-bond donors (Lipinski definition) is 2. The third-order valence-corrected chi connectivity index (χ3v) is 5.66. The van der Waals surface area contributed by atoms with Crippen LogP contribution in [0.1, 0.15) is 0 Å². The Morgan fingerprint density at radius 2 is 1.85 bits per heavy atom. The number of carbonyl (C=O) groups is 1. The number of anilines is 4. The number of rotatable bonds is 6. The molecule has 0 bridgehead atoms. The van der Waals surface area contributed by atoms with E-state index in [0.717, 1.165) is 60.3 Å². The summed E-state index contributed by atoms with van der Waals surface area (Å²) in [5.41, 5.74) is 5.88. The van der Waals surface area contributed by atoms with Crippen molar-refractivity contribution in [3.63, 3.8) is 0 Å². The van der Waals surface area contributed by atoms with Crippen molar-refractivity contribution in [2.24, 2.45) is 0 Å². The van der Waals surface area contributed by atoms with Crippen LogP contribution in [0.5, 0.6) is 0 Å². The Balaban J connectivity index is 1.38. The minimum Gasteiger partial charge on any atom is -0.378 e. The predicted octanol–water partition coefficient (Wildman–Crippen LogP) is 4.71. The first-order chi connectivity index (χ1) is 16.2. The Morgan fingerprint density at radius 3 is 2.64 bits per heavy atom. The Kier molecular flexibility index (Phi) is 5.78. The minimum atomic E-state index is -0.234. The normalized spacial score (nSPS) is 13.6. The molecule has 33 heavy (non-hydrogen) atoms. The zero-order chi connectivity index (χ0) is 22.6. The van der Waals surface area contributed by atoms with Crippen LogP contribution in [0.15, 0.2) is 85.7 Å². The molecular formula is C26H25N5O2. The summed E-state index contributed by atoms with van der Waals surface area (Å²) in [6.45, 7) is 6.88. The van der Waals surface area contributed by atoms with Gasteiger partial charge in [-0.2, -0.15) is 0 Å². The molecule has 4 aromatic rings. The lowest BCUT2D eigenvalue weighted by Gasteiger charge is -2.28. The number of aromatic nitrogens is 2. The summed E-state index contributed by atoms with van der Waals surface area (Å²) in [5, 5.41) is 6.21. The van der Waals surface area contributed by atoms with E-state index in [-0.39, 0.29) is 5.91 Å². The highest BCUT2D eigenvalue weighted by molar-refractivity contribution is 5.99. The standard InChI is InChI=1S/C26H25N5O2/c1-2-26(32)29-21-5-3-4-19(16-21)24-11-10-23-17-27-25(18-31(23)24)28-20-6-8-22(9-7-20)30-12-14-33-15-13-30/h2-11,16-18,28H,1,12-15H2,(H,29,32). The van der Waals surface area contributed by atoms with Crippen molar-refractivity contribution in [3.05, 3.63) is 85.7 Å². The molecule has 2 aromatic heterocycles. The van der Waals surface area contributed by atoms with Crippen LogP contribution >= 0.6 is 0 Å². The Hall–Kier alpha value is -4.10. The average molecular weight is 440 g/mol. The Labute approximate surface area is 192 Å². The van der Waals surface area contributed by atoms with E-state index >= 15 is 0 Å². The molecule has 2 aromatic carbocycles. The molecule has 166 valence electrons. The van der Waals surface area contributed by atoms with E-state index in [1.807, 2.05) is 48.8 Å². The number of amides is 1. The van der Waals surface area contributed by atoms with Gasteiger partial charge in [-0.1, -0.05) is 18.7 Å². The van der Waals surface area contributed by atoms with E-state index in [9.17, 15) is 4.79 Å². The van der Waals surface area contributed by atoms with Gasteiger partial charge in [0.05, 0.1) is 36.8 Å². The van der Waals surface area contributed by atoms with Crippen LogP contribution in [0.4, 0.5) is 22.9 Å². The van der Waals surface area contributed by atoms with E-state index < -0.39 is 0 Å². The SMILES string of the molecule is C=CC(=O)Nc1cccc(-c2ccc3cnc(Nc4ccc(N5CCOCC5)cc4)cn23)c1. The number of morpholine rings is 1. The van der Waals surface area contributed by atoms with E-state index in [1.54, 1.807) is 0 Å². The fourth-order valence-electron chi connectivity index (χ4n) is 3.98. The lowest BCUT2D eigenvalue weighted by molar-refractivity contribution is -0.111. The second-order valence-electron chi connectivity index (χ2n) is 7.83. The van der Waals surface area contributed by atoms with Crippen molar-refractivity contribution in [1.29, 1.82) is 0 Å². The van der Waals surface area contributed by atoms with Gasteiger partial charge >= 0.3 is 0 Å². The van der Waals surface area contributed by atoms with Crippen molar-refractivity contribution >= 4 is 34.3 Å². The lowest BCUT2D eigenvalue weighted by atomic mass is 10.1. The van der Waals surface area contributed by atoms with Gasteiger partial charge in [0.15, 0.2) is 0 Å². The molecule has 7 nitrogen and oxygen atoms in total.